The van der Waals surface area contributed by atoms with E-state index in [1.165, 1.54) is 11.0 Å². The minimum Gasteiger partial charge on any atom is -0.481 e. The molecule has 0 aliphatic heterocycles. The van der Waals surface area contributed by atoms with Gasteiger partial charge in [0.15, 0.2) is 6.10 Å². The molecule has 0 bridgehead atoms. The van der Waals surface area contributed by atoms with E-state index in [4.69, 9.17) is 4.74 Å². The van der Waals surface area contributed by atoms with Gasteiger partial charge in [-0.25, -0.2) is 14.6 Å². The molecular formula is C14H13N7O2. The first kappa shape index (κ1) is 14.6. The molecule has 0 saturated heterocycles. The highest BCUT2D eigenvalue weighted by molar-refractivity contribution is 5.92. The summed E-state index contributed by atoms with van der Waals surface area (Å²) in [5.41, 5.74) is 0.789. The van der Waals surface area contributed by atoms with Crippen LogP contribution in [-0.4, -0.2) is 42.2 Å². The Morgan fingerprint density at radius 3 is 2.61 bits per heavy atom. The number of hydrogen-bond donors (Lipinski definition) is 1. The van der Waals surface area contributed by atoms with Crippen molar-refractivity contribution < 1.29 is 9.53 Å². The molecule has 9 heteroatoms. The monoisotopic (exact) mass is 311 g/mol. The third kappa shape index (κ3) is 3.64. The van der Waals surface area contributed by atoms with Gasteiger partial charge < -0.3 is 4.74 Å². The van der Waals surface area contributed by atoms with Gasteiger partial charge >= 0.3 is 0 Å². The van der Waals surface area contributed by atoms with E-state index in [0.717, 1.165) is 5.69 Å². The van der Waals surface area contributed by atoms with Gasteiger partial charge in [0.1, 0.15) is 12.1 Å². The van der Waals surface area contributed by atoms with E-state index >= 15 is 0 Å². The molecule has 1 atom stereocenters. The van der Waals surface area contributed by atoms with Crippen LogP contribution in [0, 0.1) is 0 Å². The minimum atomic E-state index is -0.697. The summed E-state index contributed by atoms with van der Waals surface area (Å²) in [6.45, 7) is 1.65. The summed E-state index contributed by atoms with van der Waals surface area (Å²) in [5.74, 6) is 0.459. The molecule has 3 aromatic rings. The van der Waals surface area contributed by atoms with E-state index in [2.05, 4.69) is 30.8 Å². The maximum absolute atomic E-state index is 12.0. The van der Waals surface area contributed by atoms with E-state index in [-0.39, 0.29) is 11.9 Å². The van der Waals surface area contributed by atoms with Crippen LogP contribution >= 0.6 is 0 Å². The minimum absolute atomic E-state index is 0.238. The lowest BCUT2D eigenvalue weighted by atomic mass is 10.3. The molecule has 23 heavy (non-hydrogen) atoms. The zero-order valence-corrected chi connectivity index (χ0v) is 12.2. The summed E-state index contributed by atoms with van der Waals surface area (Å²) in [5, 5.41) is 13.5. The van der Waals surface area contributed by atoms with Crippen LogP contribution in [0.4, 0.5) is 5.95 Å². The lowest BCUT2D eigenvalue weighted by molar-refractivity contribution is -0.122. The van der Waals surface area contributed by atoms with Crippen molar-refractivity contribution in [2.45, 2.75) is 13.0 Å². The largest absolute Gasteiger partial charge is 0.481 e. The highest BCUT2D eigenvalue weighted by Crippen LogP contribution is 2.16. The SMILES string of the molecule is CC(Oc1ccc(-n2cnnn2)cc1)C(=O)Nc1ncccn1. The fourth-order valence-corrected chi connectivity index (χ4v) is 1.79. The molecule has 1 unspecified atom stereocenters. The Kier molecular flexibility index (Phi) is 4.18. The van der Waals surface area contributed by atoms with Crippen molar-refractivity contribution in [2.75, 3.05) is 5.32 Å². The standard InChI is InChI=1S/C14H13N7O2/c1-10(13(22)18-14-15-7-2-8-16-14)23-12-5-3-11(4-6-12)21-9-17-19-20-21/h2-10H,1H3,(H,15,16,18,22). The summed E-state index contributed by atoms with van der Waals surface area (Å²) in [4.78, 5) is 19.9. The number of tetrazole rings is 1. The second-order valence-corrected chi connectivity index (χ2v) is 4.57. The molecule has 0 aliphatic rings. The van der Waals surface area contributed by atoms with Gasteiger partial charge in [-0.15, -0.1) is 5.10 Å². The first-order valence-corrected chi connectivity index (χ1v) is 6.80. The highest BCUT2D eigenvalue weighted by atomic mass is 16.5. The molecule has 0 saturated carbocycles. The second-order valence-electron chi connectivity index (χ2n) is 4.57. The first-order chi connectivity index (χ1) is 11.2. The molecule has 2 heterocycles. The highest BCUT2D eigenvalue weighted by Gasteiger charge is 2.15. The topological polar surface area (TPSA) is 108 Å². The van der Waals surface area contributed by atoms with E-state index in [1.54, 1.807) is 49.6 Å². The number of ether oxygens (including phenoxy) is 1. The summed E-state index contributed by atoms with van der Waals surface area (Å²) in [6, 6.07) is 8.72. The predicted octanol–water partition coefficient (Wildman–Crippen LogP) is 0.858. The normalized spacial score (nSPS) is 11.7. The van der Waals surface area contributed by atoms with Crippen molar-refractivity contribution in [3.05, 3.63) is 49.1 Å². The van der Waals surface area contributed by atoms with Crippen LogP contribution in [0.2, 0.25) is 0 Å². The second kappa shape index (κ2) is 6.60. The number of benzene rings is 1. The third-order valence-corrected chi connectivity index (χ3v) is 2.93. The lowest BCUT2D eigenvalue weighted by Gasteiger charge is -2.14. The van der Waals surface area contributed by atoms with Crippen LogP contribution < -0.4 is 10.1 Å². The Balaban J connectivity index is 1.61. The third-order valence-electron chi connectivity index (χ3n) is 2.93. The van der Waals surface area contributed by atoms with Gasteiger partial charge in [0, 0.05) is 12.4 Å². The van der Waals surface area contributed by atoms with Crippen molar-refractivity contribution in [2.24, 2.45) is 0 Å². The Hall–Kier alpha value is -3.36. The van der Waals surface area contributed by atoms with E-state index < -0.39 is 6.10 Å². The molecule has 0 spiro atoms. The van der Waals surface area contributed by atoms with E-state index in [0.29, 0.717) is 5.75 Å². The van der Waals surface area contributed by atoms with Crippen LogP contribution in [0.25, 0.3) is 5.69 Å². The number of amides is 1. The number of hydrogen-bond acceptors (Lipinski definition) is 7. The number of aromatic nitrogens is 6. The molecule has 0 aliphatic carbocycles. The molecule has 1 N–H and O–H groups in total. The summed E-state index contributed by atoms with van der Waals surface area (Å²) < 4.78 is 7.11. The van der Waals surface area contributed by atoms with Crippen LogP contribution in [0.5, 0.6) is 5.75 Å². The quantitative estimate of drug-likeness (QED) is 0.744. The molecule has 116 valence electrons. The zero-order chi connectivity index (χ0) is 16.1. The molecular weight excluding hydrogens is 298 g/mol. The number of anilines is 1. The Morgan fingerprint density at radius 2 is 1.96 bits per heavy atom. The van der Waals surface area contributed by atoms with Crippen molar-refractivity contribution in [1.29, 1.82) is 0 Å². The molecule has 3 rings (SSSR count). The van der Waals surface area contributed by atoms with Crippen LogP contribution in [-0.2, 0) is 4.79 Å². The summed E-state index contributed by atoms with van der Waals surface area (Å²) in [7, 11) is 0. The maximum Gasteiger partial charge on any atom is 0.267 e. The van der Waals surface area contributed by atoms with Crippen molar-refractivity contribution in [1.82, 2.24) is 30.2 Å². The van der Waals surface area contributed by atoms with Gasteiger partial charge in [-0.3, -0.25) is 10.1 Å². The van der Waals surface area contributed by atoms with Gasteiger partial charge in [0.05, 0.1) is 5.69 Å². The number of rotatable bonds is 5. The molecule has 0 radical (unpaired) electrons. The van der Waals surface area contributed by atoms with E-state index in [1.807, 2.05) is 0 Å². The number of carbonyl (C=O) groups excluding carboxylic acids is 1. The predicted molar refractivity (Wildman–Crippen MR) is 79.9 cm³/mol. The number of nitrogens with one attached hydrogen (secondary N) is 1. The zero-order valence-electron chi connectivity index (χ0n) is 12.2. The van der Waals surface area contributed by atoms with Gasteiger partial charge in [-0.1, -0.05) is 0 Å². The average molecular weight is 311 g/mol. The molecule has 0 fully saturated rings. The Labute approximate surface area is 131 Å². The fraction of sp³-hybridized carbons (Fsp3) is 0.143. The van der Waals surface area contributed by atoms with Gasteiger partial charge in [-0.2, -0.15) is 0 Å². The van der Waals surface area contributed by atoms with Gasteiger partial charge in [-0.05, 0) is 47.7 Å². The van der Waals surface area contributed by atoms with Crippen molar-refractivity contribution in [3.63, 3.8) is 0 Å². The van der Waals surface area contributed by atoms with Crippen LogP contribution in [0.1, 0.15) is 6.92 Å². The van der Waals surface area contributed by atoms with E-state index in [9.17, 15) is 4.79 Å². The van der Waals surface area contributed by atoms with Crippen molar-refractivity contribution >= 4 is 11.9 Å². The lowest BCUT2D eigenvalue weighted by Crippen LogP contribution is -2.30. The number of nitrogens with zero attached hydrogens (tertiary/aromatic N) is 6. The molecule has 9 nitrogen and oxygen atoms in total. The molecule has 2 aromatic heterocycles. The Bertz CT molecular complexity index is 760. The number of carbonyl (C=O) groups is 1. The Morgan fingerprint density at radius 1 is 1.22 bits per heavy atom. The van der Waals surface area contributed by atoms with Crippen LogP contribution in [0.3, 0.4) is 0 Å². The first-order valence-electron chi connectivity index (χ1n) is 6.80. The average Bonchev–Trinajstić information content (AvgIpc) is 3.11. The van der Waals surface area contributed by atoms with Crippen molar-refractivity contribution in [3.8, 4) is 11.4 Å². The smallest absolute Gasteiger partial charge is 0.267 e. The van der Waals surface area contributed by atoms with Gasteiger partial charge in [0.25, 0.3) is 5.91 Å². The molecule has 1 amide bonds. The fourth-order valence-electron chi connectivity index (χ4n) is 1.79. The maximum atomic E-state index is 12.0. The van der Waals surface area contributed by atoms with Crippen LogP contribution in [0.15, 0.2) is 49.1 Å². The summed E-state index contributed by atoms with van der Waals surface area (Å²) in [6.07, 6.45) is 3.89. The van der Waals surface area contributed by atoms with Gasteiger partial charge in [0.2, 0.25) is 5.95 Å². The molecule has 1 aromatic carbocycles. The summed E-state index contributed by atoms with van der Waals surface area (Å²) >= 11 is 0.